The molecular formula is C14H15NO4S. The summed E-state index contributed by atoms with van der Waals surface area (Å²) in [6, 6.07) is 5.47. The number of allylic oxidation sites excluding steroid dienone is 2. The molecular weight excluding hydrogens is 278 g/mol. The van der Waals surface area contributed by atoms with Gasteiger partial charge in [-0.1, -0.05) is 11.6 Å². The Labute approximate surface area is 119 Å². The Bertz CT molecular complexity index is 711. The van der Waals surface area contributed by atoms with Crippen LogP contribution in [0.1, 0.15) is 11.1 Å². The van der Waals surface area contributed by atoms with Gasteiger partial charge in [0, 0.05) is 11.6 Å². The van der Waals surface area contributed by atoms with Crippen molar-refractivity contribution in [2.45, 2.75) is 13.5 Å². The van der Waals surface area contributed by atoms with Gasteiger partial charge in [0.05, 0.1) is 7.11 Å². The highest BCUT2D eigenvalue weighted by atomic mass is 32.2. The second kappa shape index (κ2) is 5.62. The molecule has 1 heterocycles. The van der Waals surface area contributed by atoms with Gasteiger partial charge < -0.3 is 9.94 Å². The largest absolute Gasteiger partial charge is 0.621 e. The summed E-state index contributed by atoms with van der Waals surface area (Å²) in [4.78, 5) is -0.212. The van der Waals surface area contributed by atoms with E-state index in [2.05, 4.69) is 0 Å². The molecule has 0 aliphatic carbocycles. The van der Waals surface area contributed by atoms with Gasteiger partial charge >= 0.3 is 0 Å². The molecule has 5 nitrogen and oxygen atoms in total. The second-order valence-corrected chi connectivity index (χ2v) is 5.43. The summed E-state index contributed by atoms with van der Waals surface area (Å²) < 4.78 is 26.6. The quantitative estimate of drug-likeness (QED) is 0.485. The first kappa shape index (κ1) is 14.5. The Morgan fingerprint density at radius 3 is 2.70 bits per heavy atom. The number of quaternary nitrogens is 1. The SMILES string of the molecule is COc1ccc(C)cc1C[N+]1([O-])C=CC=CC1=S(=O)=O. The number of hydrogen-bond acceptors (Lipinski definition) is 4. The Morgan fingerprint density at radius 1 is 1.30 bits per heavy atom. The first-order chi connectivity index (χ1) is 9.46. The Morgan fingerprint density at radius 2 is 2.05 bits per heavy atom. The fourth-order valence-electron chi connectivity index (χ4n) is 2.12. The van der Waals surface area contributed by atoms with Crippen LogP contribution in [0.2, 0.25) is 0 Å². The molecule has 1 atom stereocenters. The topological polar surface area (TPSA) is 66.4 Å². The molecule has 1 aromatic carbocycles. The van der Waals surface area contributed by atoms with Crippen LogP contribution in [0.15, 0.2) is 42.6 Å². The highest BCUT2D eigenvalue weighted by molar-refractivity contribution is 7.72. The molecule has 0 fully saturated rings. The lowest BCUT2D eigenvalue weighted by Crippen LogP contribution is -2.42. The van der Waals surface area contributed by atoms with Gasteiger partial charge in [-0.15, -0.1) is 0 Å². The first-order valence-corrected chi connectivity index (χ1v) is 7.09. The van der Waals surface area contributed by atoms with Gasteiger partial charge in [0.15, 0.2) is 0 Å². The zero-order chi connectivity index (χ0) is 14.8. The Balaban J connectivity index is 2.48. The van der Waals surface area contributed by atoms with Crippen molar-refractivity contribution in [1.29, 1.82) is 0 Å². The van der Waals surface area contributed by atoms with Crippen LogP contribution in [0, 0.1) is 12.1 Å². The van der Waals surface area contributed by atoms with E-state index in [0.29, 0.717) is 11.3 Å². The van der Waals surface area contributed by atoms with E-state index in [4.69, 9.17) is 4.74 Å². The summed E-state index contributed by atoms with van der Waals surface area (Å²) >= 11 is 0. The zero-order valence-electron chi connectivity index (χ0n) is 11.2. The number of methoxy groups -OCH3 is 1. The van der Waals surface area contributed by atoms with Crippen LogP contribution in [-0.2, 0) is 16.8 Å². The molecule has 1 aromatic rings. The number of nitrogens with zero attached hydrogens (tertiary/aromatic N) is 1. The molecule has 1 aliphatic heterocycles. The predicted molar refractivity (Wildman–Crippen MR) is 77.3 cm³/mol. The molecule has 1 aliphatic rings. The van der Waals surface area contributed by atoms with E-state index in [1.54, 1.807) is 12.1 Å². The van der Waals surface area contributed by atoms with Crippen LogP contribution in [0.25, 0.3) is 0 Å². The number of hydrogen-bond donors (Lipinski definition) is 0. The van der Waals surface area contributed by atoms with Crippen molar-refractivity contribution in [1.82, 2.24) is 0 Å². The van der Waals surface area contributed by atoms with Crippen LogP contribution in [0.3, 0.4) is 0 Å². The molecule has 0 spiro atoms. The van der Waals surface area contributed by atoms with Crippen molar-refractivity contribution in [3.63, 3.8) is 0 Å². The maximum atomic E-state index is 12.8. The standard InChI is InChI=1S/C14H15NO4S/c1-11-6-7-13(19-2)12(9-11)10-15(16)8-4-3-5-14(15)20(17)18/h3-9H,10H2,1-2H3. The summed E-state index contributed by atoms with van der Waals surface area (Å²) in [5.41, 5.74) is 1.65. The first-order valence-electron chi connectivity index (χ1n) is 6.01. The predicted octanol–water partition coefficient (Wildman–Crippen LogP) is 1.91. The van der Waals surface area contributed by atoms with Crippen molar-refractivity contribution in [3.05, 3.63) is 59.0 Å². The minimum Gasteiger partial charge on any atom is -0.621 e. The summed E-state index contributed by atoms with van der Waals surface area (Å²) in [7, 11) is -1.04. The van der Waals surface area contributed by atoms with Gasteiger partial charge in [-0.25, -0.2) is 0 Å². The minimum atomic E-state index is -2.56. The van der Waals surface area contributed by atoms with Crippen LogP contribution in [-0.4, -0.2) is 25.2 Å². The Hall–Kier alpha value is -1.89. The van der Waals surface area contributed by atoms with E-state index >= 15 is 0 Å². The minimum absolute atomic E-state index is 0.0327. The summed E-state index contributed by atoms with van der Waals surface area (Å²) in [5, 5.41) is 12.8. The lowest BCUT2D eigenvalue weighted by Gasteiger charge is -2.38. The molecule has 0 N–H and O–H groups in total. The van der Waals surface area contributed by atoms with Crippen molar-refractivity contribution < 1.29 is 17.8 Å². The van der Waals surface area contributed by atoms with Gasteiger partial charge in [0.25, 0.3) is 15.3 Å². The van der Waals surface area contributed by atoms with Crippen molar-refractivity contribution in [2.24, 2.45) is 0 Å². The molecule has 106 valence electrons. The van der Waals surface area contributed by atoms with Gasteiger partial charge in [-0.2, -0.15) is 8.42 Å². The molecule has 0 aromatic heterocycles. The average Bonchev–Trinajstić information content (AvgIpc) is 2.38. The van der Waals surface area contributed by atoms with Crippen LogP contribution >= 0.6 is 0 Å². The normalized spacial score (nSPS) is 21.1. The van der Waals surface area contributed by atoms with Crippen LogP contribution in [0.4, 0.5) is 0 Å². The number of aryl methyl sites for hydroxylation is 1. The molecule has 1 unspecified atom stereocenters. The smallest absolute Gasteiger partial charge is 0.277 e. The summed E-state index contributed by atoms with van der Waals surface area (Å²) in [6.07, 6.45) is 5.71. The molecule has 20 heavy (non-hydrogen) atoms. The Kier molecular flexibility index (Phi) is 4.08. The van der Waals surface area contributed by atoms with Crippen LogP contribution in [0.5, 0.6) is 5.75 Å². The third-order valence-corrected chi connectivity index (χ3v) is 3.85. The van der Waals surface area contributed by atoms with Crippen molar-refractivity contribution >= 4 is 15.3 Å². The number of ether oxygens (including phenoxy) is 1. The third kappa shape index (κ3) is 2.82. The van der Waals surface area contributed by atoms with E-state index < -0.39 is 14.9 Å². The van der Waals surface area contributed by atoms with Crippen molar-refractivity contribution in [3.8, 4) is 5.75 Å². The molecule has 0 bridgehead atoms. The highest BCUT2D eigenvalue weighted by Crippen LogP contribution is 2.26. The zero-order valence-corrected chi connectivity index (χ0v) is 12.1. The molecule has 0 radical (unpaired) electrons. The molecule has 2 rings (SSSR count). The molecule has 0 amide bonds. The third-order valence-electron chi connectivity index (χ3n) is 3.06. The van der Waals surface area contributed by atoms with Gasteiger partial charge in [0.1, 0.15) is 18.5 Å². The maximum Gasteiger partial charge on any atom is 0.277 e. The number of hydroxylamine groups is 3. The molecule has 0 saturated carbocycles. The summed E-state index contributed by atoms with van der Waals surface area (Å²) in [5.74, 6) is 0.572. The maximum absolute atomic E-state index is 12.8. The fourth-order valence-corrected chi connectivity index (χ4v) is 2.69. The van der Waals surface area contributed by atoms with Crippen molar-refractivity contribution in [2.75, 3.05) is 7.11 Å². The number of benzene rings is 1. The molecule has 0 saturated heterocycles. The van der Waals surface area contributed by atoms with E-state index in [-0.39, 0.29) is 11.5 Å². The summed E-state index contributed by atoms with van der Waals surface area (Å²) in [6.45, 7) is 1.87. The van der Waals surface area contributed by atoms with Crippen LogP contribution < -0.4 is 4.74 Å². The fraction of sp³-hybridized carbons (Fsp3) is 0.214. The monoisotopic (exact) mass is 293 g/mol. The van der Waals surface area contributed by atoms with E-state index in [1.807, 2.05) is 19.1 Å². The van der Waals surface area contributed by atoms with Gasteiger partial charge in [0.2, 0.25) is 0 Å². The van der Waals surface area contributed by atoms with E-state index in [1.165, 1.54) is 25.5 Å². The van der Waals surface area contributed by atoms with E-state index in [9.17, 15) is 13.6 Å². The lowest BCUT2D eigenvalue weighted by atomic mass is 10.1. The van der Waals surface area contributed by atoms with Gasteiger partial charge in [-0.3, -0.25) is 4.65 Å². The van der Waals surface area contributed by atoms with E-state index in [0.717, 1.165) is 5.56 Å². The lowest BCUT2D eigenvalue weighted by molar-refractivity contribution is -0.744. The highest BCUT2D eigenvalue weighted by Gasteiger charge is 2.26. The molecule has 6 heteroatoms. The van der Waals surface area contributed by atoms with Gasteiger partial charge in [-0.05, 0) is 31.2 Å². The second-order valence-electron chi connectivity index (χ2n) is 4.54. The number of rotatable bonds is 3. The average molecular weight is 293 g/mol.